The van der Waals surface area contributed by atoms with Gasteiger partial charge < -0.3 is 14.8 Å². The Morgan fingerprint density at radius 1 is 1.35 bits per heavy atom. The van der Waals surface area contributed by atoms with Gasteiger partial charge in [0.25, 0.3) is 0 Å². The van der Waals surface area contributed by atoms with Gasteiger partial charge >= 0.3 is 0 Å². The van der Waals surface area contributed by atoms with E-state index in [0.717, 1.165) is 45.6 Å². The van der Waals surface area contributed by atoms with Crippen LogP contribution in [0.2, 0.25) is 0 Å². The van der Waals surface area contributed by atoms with Crippen molar-refractivity contribution in [3.05, 3.63) is 0 Å². The first kappa shape index (κ1) is 14.9. The van der Waals surface area contributed by atoms with Gasteiger partial charge in [0.15, 0.2) is 0 Å². The molecule has 102 valence electrons. The Morgan fingerprint density at radius 2 is 2.18 bits per heavy atom. The van der Waals surface area contributed by atoms with Crippen LogP contribution < -0.4 is 5.32 Å². The van der Waals surface area contributed by atoms with Crippen LogP contribution in [0.1, 0.15) is 52.9 Å². The minimum atomic E-state index is 0.0823. The van der Waals surface area contributed by atoms with Crippen molar-refractivity contribution in [1.29, 1.82) is 0 Å². The van der Waals surface area contributed by atoms with Crippen LogP contribution in [0.15, 0.2) is 0 Å². The summed E-state index contributed by atoms with van der Waals surface area (Å²) >= 11 is 0. The molecule has 0 aromatic rings. The van der Waals surface area contributed by atoms with Crippen molar-refractivity contribution in [3.63, 3.8) is 0 Å². The van der Waals surface area contributed by atoms with Gasteiger partial charge in [-0.25, -0.2) is 0 Å². The Balaban J connectivity index is 2.06. The van der Waals surface area contributed by atoms with Crippen molar-refractivity contribution >= 4 is 0 Å². The molecule has 0 aliphatic carbocycles. The molecular weight excluding hydrogens is 214 g/mol. The van der Waals surface area contributed by atoms with Gasteiger partial charge in [0.2, 0.25) is 0 Å². The zero-order chi connectivity index (χ0) is 12.6. The van der Waals surface area contributed by atoms with Crippen molar-refractivity contribution in [2.24, 2.45) is 0 Å². The third-order valence-corrected chi connectivity index (χ3v) is 3.66. The van der Waals surface area contributed by atoms with E-state index >= 15 is 0 Å². The lowest BCUT2D eigenvalue weighted by atomic mass is 9.90. The Kier molecular flexibility index (Phi) is 7.09. The van der Waals surface area contributed by atoms with E-state index in [9.17, 15) is 0 Å². The van der Waals surface area contributed by atoms with Crippen LogP contribution in [0.3, 0.4) is 0 Å². The maximum atomic E-state index is 5.83. The molecular formula is C14H29NO2. The monoisotopic (exact) mass is 243 g/mol. The molecule has 17 heavy (non-hydrogen) atoms. The maximum absolute atomic E-state index is 5.83. The summed E-state index contributed by atoms with van der Waals surface area (Å²) in [5, 5.41) is 3.58. The molecule has 1 fully saturated rings. The molecule has 1 N–H and O–H groups in total. The first-order valence-corrected chi connectivity index (χ1v) is 7.15. The van der Waals surface area contributed by atoms with Gasteiger partial charge in [-0.2, -0.15) is 0 Å². The molecule has 3 nitrogen and oxygen atoms in total. The summed E-state index contributed by atoms with van der Waals surface area (Å²) in [7, 11) is 0. The summed E-state index contributed by atoms with van der Waals surface area (Å²) < 4.78 is 11.4. The lowest BCUT2D eigenvalue weighted by Gasteiger charge is -2.38. The molecule has 1 aliphatic heterocycles. The van der Waals surface area contributed by atoms with Crippen LogP contribution >= 0.6 is 0 Å². The lowest BCUT2D eigenvalue weighted by molar-refractivity contribution is -0.0783. The summed E-state index contributed by atoms with van der Waals surface area (Å²) in [6.45, 7) is 10.2. The van der Waals surface area contributed by atoms with Crippen molar-refractivity contribution in [2.45, 2.75) is 64.5 Å². The van der Waals surface area contributed by atoms with E-state index in [1.807, 2.05) is 0 Å². The normalized spacial score (nSPS) is 29.5. The van der Waals surface area contributed by atoms with E-state index < -0.39 is 0 Å². The third-order valence-electron chi connectivity index (χ3n) is 3.66. The molecule has 3 heteroatoms. The molecule has 0 aromatic heterocycles. The topological polar surface area (TPSA) is 30.5 Å². The van der Waals surface area contributed by atoms with Gasteiger partial charge in [-0.1, -0.05) is 20.3 Å². The van der Waals surface area contributed by atoms with Crippen molar-refractivity contribution in [3.8, 4) is 0 Å². The summed E-state index contributed by atoms with van der Waals surface area (Å²) in [6, 6.07) is 0.600. The SMILES string of the molecule is CCCCOCCNC1CCOC(C)(CC)C1. The van der Waals surface area contributed by atoms with Crippen LogP contribution in [0.4, 0.5) is 0 Å². The molecule has 0 amide bonds. The number of ether oxygens (including phenoxy) is 2. The molecule has 1 saturated heterocycles. The highest BCUT2D eigenvalue weighted by Gasteiger charge is 2.31. The average Bonchev–Trinajstić information content (AvgIpc) is 2.34. The molecule has 0 saturated carbocycles. The third kappa shape index (κ3) is 5.84. The molecule has 0 bridgehead atoms. The fraction of sp³-hybridized carbons (Fsp3) is 1.00. The fourth-order valence-corrected chi connectivity index (χ4v) is 2.23. The summed E-state index contributed by atoms with van der Waals surface area (Å²) in [5.41, 5.74) is 0.0823. The number of hydrogen-bond acceptors (Lipinski definition) is 3. The van der Waals surface area contributed by atoms with E-state index in [1.54, 1.807) is 0 Å². The van der Waals surface area contributed by atoms with Crippen LogP contribution in [-0.4, -0.2) is 38.0 Å². The van der Waals surface area contributed by atoms with Crippen molar-refractivity contribution in [2.75, 3.05) is 26.4 Å². The van der Waals surface area contributed by atoms with Gasteiger partial charge in [-0.3, -0.25) is 0 Å². The maximum Gasteiger partial charge on any atom is 0.0666 e. The molecule has 1 rings (SSSR count). The second-order valence-corrected chi connectivity index (χ2v) is 5.26. The molecule has 1 aliphatic rings. The number of unbranched alkanes of at least 4 members (excludes halogenated alkanes) is 1. The predicted molar refractivity (Wildman–Crippen MR) is 71.4 cm³/mol. The molecule has 0 spiro atoms. The highest BCUT2D eigenvalue weighted by molar-refractivity contribution is 4.85. The Labute approximate surface area is 106 Å². The Hall–Kier alpha value is -0.120. The largest absolute Gasteiger partial charge is 0.380 e. The predicted octanol–water partition coefficient (Wildman–Crippen LogP) is 2.74. The van der Waals surface area contributed by atoms with Crippen molar-refractivity contribution in [1.82, 2.24) is 5.32 Å². The Morgan fingerprint density at radius 3 is 2.88 bits per heavy atom. The number of nitrogens with one attached hydrogen (secondary N) is 1. The highest BCUT2D eigenvalue weighted by Crippen LogP contribution is 2.27. The van der Waals surface area contributed by atoms with Crippen LogP contribution in [0.25, 0.3) is 0 Å². The first-order chi connectivity index (χ1) is 8.20. The molecule has 0 radical (unpaired) electrons. The van der Waals surface area contributed by atoms with Gasteiger partial charge in [0, 0.05) is 25.8 Å². The van der Waals surface area contributed by atoms with Gasteiger partial charge in [-0.15, -0.1) is 0 Å². The summed E-state index contributed by atoms with van der Waals surface area (Å²) in [4.78, 5) is 0. The van der Waals surface area contributed by atoms with E-state index in [0.29, 0.717) is 6.04 Å². The average molecular weight is 243 g/mol. The zero-order valence-electron chi connectivity index (χ0n) is 11.8. The van der Waals surface area contributed by atoms with E-state index in [4.69, 9.17) is 9.47 Å². The van der Waals surface area contributed by atoms with Gasteiger partial charge in [-0.05, 0) is 32.6 Å². The molecule has 1 heterocycles. The van der Waals surface area contributed by atoms with E-state index in [1.165, 1.54) is 12.8 Å². The standard InChI is InChI=1S/C14H29NO2/c1-4-6-9-16-11-8-15-13-7-10-17-14(3,5-2)12-13/h13,15H,4-12H2,1-3H3. The Bertz CT molecular complexity index is 199. The van der Waals surface area contributed by atoms with E-state index in [2.05, 4.69) is 26.1 Å². The van der Waals surface area contributed by atoms with Crippen LogP contribution in [0, 0.1) is 0 Å². The minimum Gasteiger partial charge on any atom is -0.380 e. The quantitative estimate of drug-likeness (QED) is 0.665. The summed E-state index contributed by atoms with van der Waals surface area (Å²) in [5.74, 6) is 0. The van der Waals surface area contributed by atoms with E-state index in [-0.39, 0.29) is 5.60 Å². The highest BCUT2D eigenvalue weighted by atomic mass is 16.5. The summed E-state index contributed by atoms with van der Waals surface area (Å²) in [6.07, 6.45) is 5.73. The fourth-order valence-electron chi connectivity index (χ4n) is 2.23. The smallest absolute Gasteiger partial charge is 0.0666 e. The van der Waals surface area contributed by atoms with Crippen LogP contribution in [0.5, 0.6) is 0 Å². The second-order valence-electron chi connectivity index (χ2n) is 5.26. The minimum absolute atomic E-state index is 0.0823. The molecule has 2 atom stereocenters. The number of rotatable bonds is 8. The number of hydrogen-bond donors (Lipinski definition) is 1. The second kappa shape index (κ2) is 8.06. The zero-order valence-corrected chi connectivity index (χ0v) is 11.8. The van der Waals surface area contributed by atoms with Gasteiger partial charge in [0.1, 0.15) is 0 Å². The van der Waals surface area contributed by atoms with Crippen molar-refractivity contribution < 1.29 is 9.47 Å². The van der Waals surface area contributed by atoms with Crippen LogP contribution in [-0.2, 0) is 9.47 Å². The molecule has 0 aromatic carbocycles. The molecule has 2 unspecified atom stereocenters. The van der Waals surface area contributed by atoms with Gasteiger partial charge in [0.05, 0.1) is 12.2 Å². The first-order valence-electron chi connectivity index (χ1n) is 7.15. The lowest BCUT2D eigenvalue weighted by Crippen LogP contribution is -2.45.